The molecule has 2 nitrogen and oxygen atoms in total. The van der Waals surface area contributed by atoms with Gasteiger partial charge in [0.25, 0.3) is 0 Å². The van der Waals surface area contributed by atoms with Crippen molar-refractivity contribution in [2.45, 2.75) is 19.8 Å². The highest BCUT2D eigenvalue weighted by molar-refractivity contribution is 5.32. The monoisotopic (exact) mass is 204 g/mol. The van der Waals surface area contributed by atoms with Crippen LogP contribution in [0.4, 0.5) is 4.39 Å². The summed E-state index contributed by atoms with van der Waals surface area (Å²) in [5.41, 5.74) is 1.40. The Hall–Kier alpha value is -1.64. The minimum Gasteiger partial charge on any atom is -0.206 e. The fraction of sp³-hybridized carbons (Fsp3) is 0.250. The minimum absolute atomic E-state index is 0.155. The largest absolute Gasteiger partial charge is 0.219 e. The molecule has 78 valence electrons. The van der Waals surface area contributed by atoms with E-state index in [4.69, 9.17) is 0 Å². The molecule has 1 heterocycles. The zero-order valence-electron chi connectivity index (χ0n) is 8.81. The standard InChI is InChI=1S/C12H13FN2/c1-9(2)11-8-14-15(12(11)13)10-6-4-3-5-7-10/h3-9H,1-2H3. The Morgan fingerprint density at radius 3 is 2.40 bits per heavy atom. The Bertz CT molecular complexity index is 446. The molecule has 1 aromatic carbocycles. The number of rotatable bonds is 2. The number of halogens is 1. The third-order valence-corrected chi connectivity index (χ3v) is 2.36. The number of nitrogens with zero attached hydrogens (tertiary/aromatic N) is 2. The lowest BCUT2D eigenvalue weighted by molar-refractivity contribution is 0.520. The van der Waals surface area contributed by atoms with Crippen LogP contribution in [0.15, 0.2) is 36.5 Å². The van der Waals surface area contributed by atoms with Gasteiger partial charge in [-0.15, -0.1) is 0 Å². The molecular weight excluding hydrogens is 191 g/mol. The van der Waals surface area contributed by atoms with Crippen molar-refractivity contribution in [1.82, 2.24) is 9.78 Å². The number of hydrogen-bond acceptors (Lipinski definition) is 1. The van der Waals surface area contributed by atoms with Crippen LogP contribution in [0.2, 0.25) is 0 Å². The summed E-state index contributed by atoms with van der Waals surface area (Å²) in [4.78, 5) is 0. The van der Waals surface area contributed by atoms with Crippen LogP contribution >= 0.6 is 0 Å². The quantitative estimate of drug-likeness (QED) is 0.734. The molecule has 2 rings (SSSR count). The fourth-order valence-corrected chi connectivity index (χ4v) is 1.48. The van der Waals surface area contributed by atoms with Crippen LogP contribution in [0.5, 0.6) is 0 Å². The van der Waals surface area contributed by atoms with Crippen molar-refractivity contribution in [3.63, 3.8) is 0 Å². The van der Waals surface area contributed by atoms with Gasteiger partial charge in [0.1, 0.15) is 0 Å². The molecule has 0 saturated carbocycles. The highest BCUT2D eigenvalue weighted by atomic mass is 19.1. The molecule has 15 heavy (non-hydrogen) atoms. The highest BCUT2D eigenvalue weighted by Crippen LogP contribution is 2.19. The Balaban J connectivity index is 2.47. The Kier molecular flexibility index (Phi) is 2.54. The molecular formula is C12H13FN2. The zero-order chi connectivity index (χ0) is 10.8. The van der Waals surface area contributed by atoms with Gasteiger partial charge in [-0.2, -0.15) is 9.49 Å². The van der Waals surface area contributed by atoms with Gasteiger partial charge in [0, 0.05) is 5.56 Å². The van der Waals surface area contributed by atoms with Crippen LogP contribution in [0, 0.1) is 5.95 Å². The first-order valence-electron chi connectivity index (χ1n) is 4.99. The van der Waals surface area contributed by atoms with E-state index in [0.717, 1.165) is 5.69 Å². The van der Waals surface area contributed by atoms with Crippen LogP contribution in [-0.4, -0.2) is 9.78 Å². The number of para-hydroxylation sites is 1. The zero-order valence-corrected chi connectivity index (χ0v) is 8.81. The van der Waals surface area contributed by atoms with Gasteiger partial charge in [-0.05, 0) is 18.1 Å². The first-order valence-corrected chi connectivity index (χ1v) is 4.99. The van der Waals surface area contributed by atoms with Crippen molar-refractivity contribution in [3.8, 4) is 5.69 Å². The molecule has 0 unspecified atom stereocenters. The van der Waals surface area contributed by atoms with E-state index in [2.05, 4.69) is 5.10 Å². The normalized spacial score (nSPS) is 10.9. The van der Waals surface area contributed by atoms with Crippen molar-refractivity contribution >= 4 is 0 Å². The van der Waals surface area contributed by atoms with E-state index >= 15 is 0 Å². The average molecular weight is 204 g/mol. The summed E-state index contributed by atoms with van der Waals surface area (Å²) in [6.45, 7) is 3.91. The van der Waals surface area contributed by atoms with Crippen molar-refractivity contribution in [2.75, 3.05) is 0 Å². The molecule has 0 aliphatic rings. The van der Waals surface area contributed by atoms with E-state index in [0.29, 0.717) is 5.56 Å². The Labute approximate surface area is 88.4 Å². The van der Waals surface area contributed by atoms with E-state index in [1.54, 1.807) is 6.20 Å². The maximum Gasteiger partial charge on any atom is 0.219 e. The first-order chi connectivity index (χ1) is 7.20. The topological polar surface area (TPSA) is 17.8 Å². The van der Waals surface area contributed by atoms with Gasteiger partial charge in [0.2, 0.25) is 5.95 Å². The number of aromatic nitrogens is 2. The third-order valence-electron chi connectivity index (χ3n) is 2.36. The van der Waals surface area contributed by atoms with Gasteiger partial charge < -0.3 is 0 Å². The van der Waals surface area contributed by atoms with E-state index in [9.17, 15) is 4.39 Å². The second-order valence-electron chi connectivity index (χ2n) is 3.79. The summed E-state index contributed by atoms with van der Waals surface area (Å²) in [5, 5.41) is 4.05. The van der Waals surface area contributed by atoms with Gasteiger partial charge in [0.05, 0.1) is 11.9 Å². The molecule has 0 N–H and O–H groups in total. The first kappa shape index (κ1) is 9.90. The van der Waals surface area contributed by atoms with Crippen LogP contribution in [0.1, 0.15) is 25.3 Å². The molecule has 0 spiro atoms. The van der Waals surface area contributed by atoms with E-state index in [-0.39, 0.29) is 11.9 Å². The van der Waals surface area contributed by atoms with Crippen LogP contribution in [0.3, 0.4) is 0 Å². The Morgan fingerprint density at radius 1 is 1.20 bits per heavy atom. The van der Waals surface area contributed by atoms with Crippen LogP contribution < -0.4 is 0 Å². The van der Waals surface area contributed by atoms with Crippen LogP contribution in [-0.2, 0) is 0 Å². The fourth-order valence-electron chi connectivity index (χ4n) is 1.48. The highest BCUT2D eigenvalue weighted by Gasteiger charge is 2.13. The maximum absolute atomic E-state index is 13.9. The molecule has 0 bridgehead atoms. The van der Waals surface area contributed by atoms with Gasteiger partial charge >= 0.3 is 0 Å². The van der Waals surface area contributed by atoms with Gasteiger partial charge in [-0.25, -0.2) is 4.68 Å². The van der Waals surface area contributed by atoms with Crippen molar-refractivity contribution in [1.29, 1.82) is 0 Å². The summed E-state index contributed by atoms with van der Waals surface area (Å²) in [6, 6.07) is 9.30. The Morgan fingerprint density at radius 2 is 1.87 bits per heavy atom. The van der Waals surface area contributed by atoms with E-state index < -0.39 is 0 Å². The van der Waals surface area contributed by atoms with E-state index in [1.807, 2.05) is 44.2 Å². The van der Waals surface area contributed by atoms with Crippen molar-refractivity contribution in [3.05, 3.63) is 48.0 Å². The van der Waals surface area contributed by atoms with Crippen LogP contribution in [0.25, 0.3) is 5.69 Å². The lowest BCUT2D eigenvalue weighted by atomic mass is 10.1. The molecule has 0 radical (unpaired) electrons. The molecule has 1 aromatic heterocycles. The number of hydrogen-bond donors (Lipinski definition) is 0. The van der Waals surface area contributed by atoms with Gasteiger partial charge in [-0.1, -0.05) is 32.0 Å². The summed E-state index contributed by atoms with van der Waals surface area (Å²) >= 11 is 0. The molecule has 0 aliphatic heterocycles. The lowest BCUT2D eigenvalue weighted by Crippen LogP contribution is -2.00. The molecule has 0 saturated heterocycles. The molecule has 0 fully saturated rings. The van der Waals surface area contributed by atoms with Gasteiger partial charge in [0.15, 0.2) is 0 Å². The molecule has 3 heteroatoms. The molecule has 2 aromatic rings. The summed E-state index contributed by atoms with van der Waals surface area (Å²) < 4.78 is 15.2. The van der Waals surface area contributed by atoms with Crippen molar-refractivity contribution in [2.24, 2.45) is 0 Å². The predicted molar refractivity (Wildman–Crippen MR) is 57.6 cm³/mol. The molecule has 0 aliphatic carbocycles. The molecule has 0 amide bonds. The predicted octanol–water partition coefficient (Wildman–Crippen LogP) is 3.13. The third kappa shape index (κ3) is 1.77. The van der Waals surface area contributed by atoms with E-state index in [1.165, 1.54) is 4.68 Å². The lowest BCUT2D eigenvalue weighted by Gasteiger charge is -2.03. The maximum atomic E-state index is 13.9. The van der Waals surface area contributed by atoms with Crippen molar-refractivity contribution < 1.29 is 4.39 Å². The molecule has 0 atom stereocenters. The average Bonchev–Trinajstić information content (AvgIpc) is 2.61. The second kappa shape index (κ2) is 3.85. The SMILES string of the molecule is CC(C)c1cnn(-c2ccccc2)c1F. The summed E-state index contributed by atoms with van der Waals surface area (Å²) in [7, 11) is 0. The summed E-state index contributed by atoms with van der Waals surface area (Å²) in [6.07, 6.45) is 1.59. The second-order valence-corrected chi connectivity index (χ2v) is 3.79. The van der Waals surface area contributed by atoms with Gasteiger partial charge in [-0.3, -0.25) is 0 Å². The smallest absolute Gasteiger partial charge is 0.206 e. The number of benzene rings is 1. The summed E-state index contributed by atoms with van der Waals surface area (Å²) in [5.74, 6) is -0.112. The minimum atomic E-state index is -0.267.